The number of nitrogens with zero attached hydrogens (tertiary/aromatic N) is 1. The van der Waals surface area contributed by atoms with Gasteiger partial charge in [0.05, 0.1) is 0 Å². The molecule has 0 aliphatic heterocycles. The van der Waals surface area contributed by atoms with Crippen LogP contribution in [0.3, 0.4) is 0 Å². The molecule has 0 heterocycles. The Labute approximate surface area is 115 Å². The maximum absolute atomic E-state index is 3.85. The van der Waals surface area contributed by atoms with Crippen molar-refractivity contribution in [2.75, 3.05) is 20.6 Å². The zero-order valence-electron chi connectivity index (χ0n) is 13.1. The van der Waals surface area contributed by atoms with E-state index in [0.29, 0.717) is 11.6 Å². The van der Waals surface area contributed by atoms with Gasteiger partial charge in [0, 0.05) is 11.6 Å². The minimum Gasteiger partial charge on any atom is -0.312 e. The zero-order valence-corrected chi connectivity index (χ0v) is 13.1. The second-order valence-electron chi connectivity index (χ2n) is 6.21. The predicted molar refractivity (Wildman–Crippen MR) is 81.1 cm³/mol. The van der Waals surface area contributed by atoms with E-state index in [-0.39, 0.29) is 0 Å². The molecular weight excluding hydrogens is 220 g/mol. The molecule has 0 aromatic rings. The second-order valence-corrected chi connectivity index (χ2v) is 6.21. The van der Waals surface area contributed by atoms with E-state index < -0.39 is 0 Å². The van der Waals surface area contributed by atoms with Crippen LogP contribution >= 0.6 is 0 Å². The molecule has 1 saturated carbocycles. The molecule has 18 heavy (non-hydrogen) atoms. The lowest BCUT2D eigenvalue weighted by Crippen LogP contribution is -2.60. The fraction of sp³-hybridized carbons (Fsp3) is 1.00. The summed E-state index contributed by atoms with van der Waals surface area (Å²) >= 11 is 0. The van der Waals surface area contributed by atoms with Gasteiger partial charge in [-0.05, 0) is 46.3 Å². The normalized spacial score (nSPS) is 21.2. The molecule has 0 amide bonds. The van der Waals surface area contributed by atoms with Gasteiger partial charge in [-0.25, -0.2) is 0 Å². The molecule has 1 fully saturated rings. The minimum atomic E-state index is 0.419. The number of rotatable bonds is 8. The van der Waals surface area contributed by atoms with Gasteiger partial charge in [-0.1, -0.05) is 46.0 Å². The third-order valence-electron chi connectivity index (χ3n) is 4.75. The van der Waals surface area contributed by atoms with Gasteiger partial charge in [-0.3, -0.25) is 0 Å². The summed E-state index contributed by atoms with van der Waals surface area (Å²) in [6.07, 6.45) is 12.3. The van der Waals surface area contributed by atoms with E-state index in [1.807, 2.05) is 0 Å². The molecule has 1 unspecified atom stereocenters. The van der Waals surface area contributed by atoms with Crippen molar-refractivity contribution in [2.24, 2.45) is 0 Å². The van der Waals surface area contributed by atoms with Crippen LogP contribution in [-0.2, 0) is 0 Å². The van der Waals surface area contributed by atoms with Crippen molar-refractivity contribution in [2.45, 2.75) is 83.2 Å². The Balaban J connectivity index is 2.74. The first-order chi connectivity index (χ1) is 8.67. The Kier molecular flexibility index (Phi) is 7.25. The second kappa shape index (κ2) is 8.16. The van der Waals surface area contributed by atoms with Gasteiger partial charge in [0.2, 0.25) is 0 Å². The first-order valence-electron chi connectivity index (χ1n) is 8.08. The van der Waals surface area contributed by atoms with Gasteiger partial charge < -0.3 is 10.2 Å². The molecule has 0 bridgehead atoms. The Morgan fingerprint density at radius 2 is 1.72 bits per heavy atom. The molecule has 1 atom stereocenters. The summed E-state index contributed by atoms with van der Waals surface area (Å²) in [5.74, 6) is 0. The molecule has 0 spiro atoms. The van der Waals surface area contributed by atoms with E-state index in [1.165, 1.54) is 64.3 Å². The number of likely N-dealkylation sites (N-methyl/N-ethyl adjacent to an activating group) is 1. The van der Waals surface area contributed by atoms with E-state index >= 15 is 0 Å². The van der Waals surface area contributed by atoms with Crippen LogP contribution in [-0.4, -0.2) is 37.1 Å². The van der Waals surface area contributed by atoms with Crippen LogP contribution in [0.25, 0.3) is 0 Å². The van der Waals surface area contributed by atoms with Crippen molar-refractivity contribution < 1.29 is 0 Å². The number of unbranched alkanes of at least 4 members (excludes halogenated alkanes) is 1. The fourth-order valence-corrected chi connectivity index (χ4v) is 3.56. The van der Waals surface area contributed by atoms with Gasteiger partial charge in [-0.2, -0.15) is 0 Å². The van der Waals surface area contributed by atoms with Crippen LogP contribution in [0.4, 0.5) is 0 Å². The molecule has 1 aliphatic carbocycles. The van der Waals surface area contributed by atoms with Crippen LogP contribution in [0.5, 0.6) is 0 Å². The first-order valence-corrected chi connectivity index (χ1v) is 8.08. The van der Waals surface area contributed by atoms with Crippen LogP contribution in [0.2, 0.25) is 0 Å². The van der Waals surface area contributed by atoms with Crippen LogP contribution in [0, 0.1) is 0 Å². The summed E-state index contributed by atoms with van der Waals surface area (Å²) in [6, 6.07) is 0.688. The predicted octanol–water partition coefficient (Wildman–Crippen LogP) is 3.81. The molecule has 2 nitrogen and oxygen atoms in total. The summed E-state index contributed by atoms with van der Waals surface area (Å²) in [5, 5.41) is 3.85. The maximum Gasteiger partial charge on any atom is 0.0356 e. The van der Waals surface area contributed by atoms with Crippen molar-refractivity contribution >= 4 is 0 Å². The van der Waals surface area contributed by atoms with E-state index in [4.69, 9.17) is 0 Å². The van der Waals surface area contributed by atoms with Gasteiger partial charge >= 0.3 is 0 Å². The van der Waals surface area contributed by atoms with Crippen molar-refractivity contribution in [1.29, 1.82) is 0 Å². The highest BCUT2D eigenvalue weighted by molar-refractivity contribution is 5.00. The molecule has 0 aromatic heterocycles. The molecule has 1 aliphatic rings. The van der Waals surface area contributed by atoms with E-state index in [9.17, 15) is 0 Å². The smallest absolute Gasteiger partial charge is 0.0356 e. The summed E-state index contributed by atoms with van der Waals surface area (Å²) in [7, 11) is 4.58. The van der Waals surface area contributed by atoms with Gasteiger partial charge in [0.15, 0.2) is 0 Å². The molecule has 108 valence electrons. The lowest BCUT2D eigenvalue weighted by molar-refractivity contribution is 0.0526. The fourth-order valence-electron chi connectivity index (χ4n) is 3.56. The van der Waals surface area contributed by atoms with Crippen molar-refractivity contribution in [3.8, 4) is 0 Å². The largest absolute Gasteiger partial charge is 0.312 e. The summed E-state index contributed by atoms with van der Waals surface area (Å²) < 4.78 is 0. The quantitative estimate of drug-likeness (QED) is 0.708. The lowest BCUT2D eigenvalue weighted by Gasteiger charge is -2.49. The minimum absolute atomic E-state index is 0.419. The monoisotopic (exact) mass is 254 g/mol. The highest BCUT2D eigenvalue weighted by Gasteiger charge is 2.40. The van der Waals surface area contributed by atoms with Gasteiger partial charge in [0.25, 0.3) is 0 Å². The van der Waals surface area contributed by atoms with Crippen LogP contribution in [0.1, 0.15) is 71.6 Å². The molecule has 1 rings (SSSR count). The van der Waals surface area contributed by atoms with Gasteiger partial charge in [0.1, 0.15) is 0 Å². The third kappa shape index (κ3) is 3.96. The third-order valence-corrected chi connectivity index (χ3v) is 4.75. The SMILES string of the molecule is CCCCC(NCCC)C1(N(C)C)CCCCC1. The lowest BCUT2D eigenvalue weighted by atomic mass is 9.73. The average molecular weight is 254 g/mol. The number of nitrogens with one attached hydrogen (secondary N) is 1. The van der Waals surface area contributed by atoms with Crippen LogP contribution < -0.4 is 5.32 Å². The van der Waals surface area contributed by atoms with Crippen molar-refractivity contribution in [3.63, 3.8) is 0 Å². The molecule has 1 N–H and O–H groups in total. The molecule has 0 aromatic carbocycles. The maximum atomic E-state index is 3.85. The van der Waals surface area contributed by atoms with Crippen molar-refractivity contribution in [3.05, 3.63) is 0 Å². The average Bonchev–Trinajstić information content (AvgIpc) is 2.39. The van der Waals surface area contributed by atoms with E-state index in [0.717, 1.165) is 0 Å². The molecule has 0 radical (unpaired) electrons. The number of hydrogen-bond donors (Lipinski definition) is 1. The Bertz CT molecular complexity index is 199. The van der Waals surface area contributed by atoms with E-state index in [1.54, 1.807) is 0 Å². The highest BCUT2D eigenvalue weighted by Crippen LogP contribution is 2.36. The molecule has 2 heteroatoms. The zero-order chi connectivity index (χ0) is 13.4. The molecule has 0 saturated heterocycles. The first kappa shape index (κ1) is 16.0. The van der Waals surface area contributed by atoms with E-state index in [2.05, 4.69) is 38.2 Å². The Hall–Kier alpha value is -0.0800. The van der Waals surface area contributed by atoms with Gasteiger partial charge in [-0.15, -0.1) is 0 Å². The Morgan fingerprint density at radius 3 is 2.22 bits per heavy atom. The van der Waals surface area contributed by atoms with Crippen LogP contribution in [0.15, 0.2) is 0 Å². The summed E-state index contributed by atoms with van der Waals surface area (Å²) in [6.45, 7) is 5.75. The van der Waals surface area contributed by atoms with Crippen molar-refractivity contribution in [1.82, 2.24) is 10.2 Å². The topological polar surface area (TPSA) is 15.3 Å². The summed E-state index contributed by atoms with van der Waals surface area (Å²) in [5.41, 5.74) is 0.419. The summed E-state index contributed by atoms with van der Waals surface area (Å²) in [4.78, 5) is 2.52. The molecular formula is C16H34N2. The number of hydrogen-bond acceptors (Lipinski definition) is 2. The Morgan fingerprint density at radius 1 is 1.06 bits per heavy atom. The standard InChI is InChI=1S/C16H34N2/c1-5-7-11-15(17-14-6-2)16(18(3)4)12-9-8-10-13-16/h15,17H,5-14H2,1-4H3. The highest BCUT2D eigenvalue weighted by atomic mass is 15.2.